The van der Waals surface area contributed by atoms with E-state index in [1.54, 1.807) is 9.80 Å². The van der Waals surface area contributed by atoms with Crippen LogP contribution >= 0.6 is 0 Å². The third-order valence-electron chi connectivity index (χ3n) is 6.51. The molecule has 9 nitrogen and oxygen atoms in total. The molecule has 3 rings (SSSR count). The first kappa shape index (κ1) is 26.4. The number of benzene rings is 2. The summed E-state index contributed by atoms with van der Waals surface area (Å²) in [4.78, 5) is 42.5. The van der Waals surface area contributed by atoms with Crippen LogP contribution in [-0.2, 0) is 16.0 Å². The van der Waals surface area contributed by atoms with Gasteiger partial charge >= 0.3 is 6.03 Å². The van der Waals surface area contributed by atoms with E-state index in [-0.39, 0.29) is 31.4 Å². The molecule has 5 N–H and O–H groups in total. The minimum Gasteiger partial charge on any atom is -0.390 e. The van der Waals surface area contributed by atoms with E-state index >= 15 is 0 Å². The lowest BCUT2D eigenvalue weighted by atomic mass is 10.0. The van der Waals surface area contributed by atoms with E-state index in [1.165, 1.54) is 0 Å². The first-order valence-corrected chi connectivity index (χ1v) is 12.4. The molecule has 2 aromatic carbocycles. The van der Waals surface area contributed by atoms with Gasteiger partial charge in [0, 0.05) is 39.1 Å². The molecule has 35 heavy (non-hydrogen) atoms. The summed E-state index contributed by atoms with van der Waals surface area (Å²) in [7, 11) is 0. The lowest BCUT2D eigenvalue weighted by molar-refractivity contribution is -0.131. The molecule has 1 aliphatic heterocycles. The molecule has 1 fully saturated rings. The molecule has 2 aromatic rings. The van der Waals surface area contributed by atoms with E-state index in [2.05, 4.69) is 10.6 Å². The zero-order chi connectivity index (χ0) is 25.4. The summed E-state index contributed by atoms with van der Waals surface area (Å²) in [5.41, 5.74) is 6.35. The number of nitrogens with one attached hydrogen (secondary N) is 2. The van der Waals surface area contributed by atoms with E-state index in [9.17, 15) is 19.5 Å². The van der Waals surface area contributed by atoms with Gasteiger partial charge in [-0.3, -0.25) is 9.59 Å². The Hall–Kier alpha value is -3.17. The number of amides is 4. The zero-order valence-corrected chi connectivity index (χ0v) is 20.6. The number of nitrogens with zero attached hydrogens (tertiary/aromatic N) is 2. The fourth-order valence-electron chi connectivity index (χ4n) is 4.45. The predicted molar refractivity (Wildman–Crippen MR) is 136 cm³/mol. The van der Waals surface area contributed by atoms with Gasteiger partial charge in [0.05, 0.1) is 6.10 Å². The third kappa shape index (κ3) is 6.70. The van der Waals surface area contributed by atoms with Crippen molar-refractivity contribution >= 4 is 28.6 Å². The highest BCUT2D eigenvalue weighted by atomic mass is 16.3. The van der Waals surface area contributed by atoms with Crippen molar-refractivity contribution in [3.63, 3.8) is 0 Å². The Morgan fingerprint density at radius 3 is 2.54 bits per heavy atom. The number of nitrogens with two attached hydrogens (primary N) is 1. The van der Waals surface area contributed by atoms with Crippen molar-refractivity contribution < 1.29 is 19.5 Å². The van der Waals surface area contributed by atoms with Crippen molar-refractivity contribution in [1.82, 2.24) is 20.4 Å². The van der Waals surface area contributed by atoms with Crippen LogP contribution in [0.1, 0.15) is 32.3 Å². The van der Waals surface area contributed by atoms with Gasteiger partial charge < -0.3 is 31.3 Å². The number of hydrogen-bond donors (Lipinski definition) is 4. The number of rotatable bonds is 10. The van der Waals surface area contributed by atoms with Crippen LogP contribution in [0, 0.1) is 0 Å². The van der Waals surface area contributed by atoms with Crippen LogP contribution in [0.5, 0.6) is 0 Å². The van der Waals surface area contributed by atoms with Gasteiger partial charge in [0.1, 0.15) is 12.1 Å². The number of carbonyl (C=O) groups excluding carboxylic acids is 3. The Bertz CT molecular complexity index is 1030. The second-order valence-corrected chi connectivity index (χ2v) is 8.89. The smallest absolute Gasteiger partial charge is 0.320 e. The molecule has 0 spiro atoms. The molecule has 0 saturated carbocycles. The summed E-state index contributed by atoms with van der Waals surface area (Å²) in [6.45, 7) is 5.48. The molecule has 0 aliphatic carbocycles. The van der Waals surface area contributed by atoms with E-state index in [1.807, 2.05) is 56.3 Å². The second kappa shape index (κ2) is 12.5. The number of aliphatic hydroxyl groups is 1. The van der Waals surface area contributed by atoms with E-state index in [0.29, 0.717) is 26.1 Å². The van der Waals surface area contributed by atoms with E-state index in [0.717, 1.165) is 22.8 Å². The minimum absolute atomic E-state index is 0.00454. The molecular weight excluding hydrogens is 446 g/mol. The topological polar surface area (TPSA) is 128 Å². The van der Waals surface area contributed by atoms with E-state index in [4.69, 9.17) is 5.73 Å². The fraction of sp³-hybridized carbons (Fsp3) is 0.500. The number of hydrogen-bond acceptors (Lipinski definition) is 5. The van der Waals surface area contributed by atoms with Crippen molar-refractivity contribution in [3.8, 4) is 0 Å². The highest BCUT2D eigenvalue weighted by Crippen LogP contribution is 2.21. The van der Waals surface area contributed by atoms with Crippen LogP contribution in [0.3, 0.4) is 0 Å². The molecule has 1 heterocycles. The standard InChI is InChI=1S/C26H37N5O4/c1-3-30(4-2)26(35)31-13-7-10-23(31)25(34)29-22(24(33)28-17-21(32)16-27)15-18-11-12-19-8-5-6-9-20(19)14-18/h5-6,8-9,11-12,14,21-23,32H,3-4,7,10,13,15-17,27H2,1-2H3,(H,28,33)(H,29,34)/t21?,22-,23?/m1/s1. The number of likely N-dealkylation sites (tertiary alicyclic amines) is 1. The van der Waals surface area contributed by atoms with Crippen LogP contribution in [0.2, 0.25) is 0 Å². The maximum Gasteiger partial charge on any atom is 0.320 e. The molecule has 2 unspecified atom stereocenters. The van der Waals surface area contributed by atoms with Gasteiger partial charge in [-0.1, -0.05) is 42.5 Å². The lowest BCUT2D eigenvalue weighted by Crippen LogP contribution is -2.56. The molecule has 0 radical (unpaired) electrons. The molecule has 0 aromatic heterocycles. The average Bonchev–Trinajstić information content (AvgIpc) is 3.37. The van der Waals surface area contributed by atoms with E-state index < -0.39 is 24.1 Å². The summed E-state index contributed by atoms with van der Waals surface area (Å²) < 4.78 is 0. The fourth-order valence-corrected chi connectivity index (χ4v) is 4.45. The average molecular weight is 484 g/mol. The van der Waals surface area contributed by atoms with Crippen molar-refractivity contribution in [2.45, 2.75) is 51.3 Å². The Kier molecular flexibility index (Phi) is 9.45. The van der Waals surface area contributed by atoms with Crippen molar-refractivity contribution in [2.24, 2.45) is 5.73 Å². The van der Waals surface area contributed by atoms with Gasteiger partial charge in [0.25, 0.3) is 0 Å². The third-order valence-corrected chi connectivity index (χ3v) is 6.51. The Balaban J connectivity index is 1.77. The SMILES string of the molecule is CCN(CC)C(=O)N1CCCC1C(=O)N[C@H](Cc1ccc2ccccc2c1)C(=O)NCC(O)CN. The Morgan fingerprint density at radius 2 is 1.86 bits per heavy atom. The van der Waals surface area contributed by atoms with Gasteiger partial charge in [0.15, 0.2) is 0 Å². The van der Waals surface area contributed by atoms with Crippen LogP contribution in [0.25, 0.3) is 10.8 Å². The molecule has 4 amide bonds. The molecule has 1 aliphatic rings. The van der Waals surface area contributed by atoms with Crippen LogP contribution in [-0.4, -0.2) is 83.7 Å². The van der Waals surface area contributed by atoms with Crippen molar-refractivity contribution in [2.75, 3.05) is 32.7 Å². The van der Waals surface area contributed by atoms with Crippen molar-refractivity contribution in [1.29, 1.82) is 0 Å². The second-order valence-electron chi connectivity index (χ2n) is 8.89. The van der Waals surface area contributed by atoms with Gasteiger partial charge in [-0.2, -0.15) is 0 Å². The first-order valence-electron chi connectivity index (χ1n) is 12.4. The highest BCUT2D eigenvalue weighted by Gasteiger charge is 2.37. The number of carbonyl (C=O) groups is 3. The Morgan fingerprint density at radius 1 is 1.14 bits per heavy atom. The maximum absolute atomic E-state index is 13.3. The van der Waals surface area contributed by atoms with Gasteiger partial charge in [-0.25, -0.2) is 4.79 Å². The van der Waals surface area contributed by atoms with Crippen LogP contribution in [0.15, 0.2) is 42.5 Å². The molecule has 1 saturated heterocycles. The molecule has 3 atom stereocenters. The number of urea groups is 1. The van der Waals surface area contributed by atoms with Crippen LogP contribution < -0.4 is 16.4 Å². The largest absolute Gasteiger partial charge is 0.390 e. The summed E-state index contributed by atoms with van der Waals surface area (Å²) >= 11 is 0. The molecule has 190 valence electrons. The maximum atomic E-state index is 13.3. The highest BCUT2D eigenvalue weighted by molar-refractivity contribution is 5.92. The molecule has 0 bridgehead atoms. The zero-order valence-electron chi connectivity index (χ0n) is 20.6. The summed E-state index contributed by atoms with van der Waals surface area (Å²) in [6.07, 6.45) is 0.690. The predicted octanol–water partition coefficient (Wildman–Crippen LogP) is 1.23. The van der Waals surface area contributed by atoms with Crippen LogP contribution in [0.4, 0.5) is 4.79 Å². The minimum atomic E-state index is -0.868. The summed E-state index contributed by atoms with van der Waals surface area (Å²) in [6, 6.07) is 12.2. The lowest BCUT2D eigenvalue weighted by Gasteiger charge is -2.31. The first-order chi connectivity index (χ1) is 16.9. The summed E-state index contributed by atoms with van der Waals surface area (Å²) in [5, 5.41) is 17.5. The Labute approximate surface area is 206 Å². The number of fused-ring (bicyclic) bond motifs is 1. The quantitative estimate of drug-likeness (QED) is 0.404. The van der Waals surface area contributed by atoms with Gasteiger partial charge in [-0.15, -0.1) is 0 Å². The van der Waals surface area contributed by atoms with Gasteiger partial charge in [-0.05, 0) is 43.0 Å². The summed E-state index contributed by atoms with van der Waals surface area (Å²) in [5.74, 6) is -0.748. The molecular formula is C26H37N5O4. The number of aliphatic hydroxyl groups excluding tert-OH is 1. The molecule has 9 heteroatoms. The normalized spacial score (nSPS) is 17.1. The monoisotopic (exact) mass is 483 g/mol. The van der Waals surface area contributed by atoms with Crippen molar-refractivity contribution in [3.05, 3.63) is 48.0 Å². The van der Waals surface area contributed by atoms with Gasteiger partial charge in [0.2, 0.25) is 11.8 Å².